The average Bonchev–Trinajstić information content (AvgIpc) is 2.34. The van der Waals surface area contributed by atoms with Crippen LogP contribution in [0, 0.1) is 12.3 Å². The molecule has 0 saturated heterocycles. The Labute approximate surface area is 98.5 Å². The number of nitrogens with zero attached hydrogens (tertiary/aromatic N) is 1. The lowest BCUT2D eigenvalue weighted by Crippen LogP contribution is -2.32. The van der Waals surface area contributed by atoms with E-state index in [4.69, 9.17) is 6.42 Å². The highest BCUT2D eigenvalue weighted by molar-refractivity contribution is 5.05. The molecule has 0 fully saturated rings. The van der Waals surface area contributed by atoms with Crippen LogP contribution in [0.5, 0.6) is 0 Å². The van der Waals surface area contributed by atoms with Gasteiger partial charge in [-0.3, -0.25) is 4.98 Å². The number of aromatic nitrogens is 1. The zero-order valence-corrected chi connectivity index (χ0v) is 9.95. The maximum absolute atomic E-state index is 5.31. The molecule has 0 saturated carbocycles. The van der Waals surface area contributed by atoms with Crippen molar-refractivity contribution in [3.05, 3.63) is 30.1 Å². The van der Waals surface area contributed by atoms with Gasteiger partial charge in [0.2, 0.25) is 0 Å². The first-order chi connectivity index (χ1) is 7.86. The van der Waals surface area contributed by atoms with E-state index >= 15 is 0 Å². The summed E-state index contributed by atoms with van der Waals surface area (Å²) >= 11 is 0. The molecule has 1 aromatic heterocycles. The van der Waals surface area contributed by atoms with E-state index < -0.39 is 0 Å². The van der Waals surface area contributed by atoms with E-state index in [0.29, 0.717) is 6.04 Å². The number of hydrogen-bond donors (Lipinski definition) is 1. The second-order valence-corrected chi connectivity index (χ2v) is 3.92. The van der Waals surface area contributed by atoms with Gasteiger partial charge in [0.05, 0.1) is 0 Å². The summed E-state index contributed by atoms with van der Waals surface area (Å²) in [5.74, 6) is 2.70. The van der Waals surface area contributed by atoms with Crippen molar-refractivity contribution in [3.63, 3.8) is 0 Å². The first kappa shape index (κ1) is 12.7. The third-order valence-corrected chi connectivity index (χ3v) is 2.50. The Morgan fingerprint density at radius 2 is 2.38 bits per heavy atom. The third kappa shape index (κ3) is 4.95. The molecular formula is C14H20N2. The Bertz CT molecular complexity index is 313. The number of rotatable bonds is 7. The van der Waals surface area contributed by atoms with Crippen molar-refractivity contribution in [2.24, 2.45) is 0 Å². The van der Waals surface area contributed by atoms with Crippen LogP contribution < -0.4 is 5.32 Å². The predicted octanol–water partition coefficient (Wildman–Crippen LogP) is 2.41. The molecule has 1 N–H and O–H groups in total. The number of nitrogens with one attached hydrogen (secondary N) is 1. The summed E-state index contributed by atoms with van der Waals surface area (Å²) in [6, 6.07) is 6.49. The summed E-state index contributed by atoms with van der Waals surface area (Å²) < 4.78 is 0. The Kier molecular flexibility index (Phi) is 6.29. The summed E-state index contributed by atoms with van der Waals surface area (Å²) in [7, 11) is 0. The van der Waals surface area contributed by atoms with Crippen LogP contribution in [0.4, 0.5) is 0 Å². The molecular weight excluding hydrogens is 196 g/mol. The Hall–Kier alpha value is -1.33. The van der Waals surface area contributed by atoms with E-state index in [2.05, 4.69) is 29.2 Å². The molecule has 0 aromatic carbocycles. The molecule has 1 unspecified atom stereocenters. The van der Waals surface area contributed by atoms with Crippen LogP contribution in [0.1, 0.15) is 31.9 Å². The monoisotopic (exact) mass is 216 g/mol. The van der Waals surface area contributed by atoms with Gasteiger partial charge in [0, 0.05) is 30.8 Å². The van der Waals surface area contributed by atoms with Crippen LogP contribution in [0.15, 0.2) is 24.4 Å². The fourth-order valence-corrected chi connectivity index (χ4v) is 1.65. The molecule has 0 amide bonds. The predicted molar refractivity (Wildman–Crippen MR) is 68.1 cm³/mol. The van der Waals surface area contributed by atoms with Crippen molar-refractivity contribution in [3.8, 4) is 12.3 Å². The molecule has 0 aliphatic heterocycles. The molecule has 0 radical (unpaired) electrons. The molecule has 1 rings (SSSR count). The lowest BCUT2D eigenvalue weighted by molar-refractivity contribution is 0.479. The third-order valence-electron chi connectivity index (χ3n) is 2.50. The van der Waals surface area contributed by atoms with Crippen molar-refractivity contribution < 1.29 is 0 Å². The molecule has 1 heterocycles. The van der Waals surface area contributed by atoms with Gasteiger partial charge in [0.1, 0.15) is 0 Å². The van der Waals surface area contributed by atoms with Gasteiger partial charge >= 0.3 is 0 Å². The molecule has 1 atom stereocenters. The van der Waals surface area contributed by atoms with E-state index in [1.165, 1.54) is 0 Å². The van der Waals surface area contributed by atoms with E-state index in [1.807, 2.05) is 18.3 Å². The fourth-order valence-electron chi connectivity index (χ4n) is 1.65. The normalized spacial score (nSPS) is 12.0. The molecule has 0 aliphatic rings. The lowest BCUT2D eigenvalue weighted by Gasteiger charge is -2.16. The van der Waals surface area contributed by atoms with Crippen LogP contribution in [0.25, 0.3) is 0 Å². The molecule has 16 heavy (non-hydrogen) atoms. The topological polar surface area (TPSA) is 24.9 Å². The van der Waals surface area contributed by atoms with E-state index in [9.17, 15) is 0 Å². The molecule has 2 heteroatoms. The highest BCUT2D eigenvalue weighted by Gasteiger charge is 2.08. The van der Waals surface area contributed by atoms with Gasteiger partial charge in [0.15, 0.2) is 0 Å². The smallest absolute Gasteiger partial charge is 0.0419 e. The first-order valence-electron chi connectivity index (χ1n) is 5.93. The van der Waals surface area contributed by atoms with Gasteiger partial charge in [-0.1, -0.05) is 13.0 Å². The minimum atomic E-state index is 0.450. The first-order valence-corrected chi connectivity index (χ1v) is 5.93. The van der Waals surface area contributed by atoms with Gasteiger partial charge in [-0.2, -0.15) is 0 Å². The summed E-state index contributed by atoms with van der Waals surface area (Å²) in [6.45, 7) is 3.22. The van der Waals surface area contributed by atoms with Crippen LogP contribution in [0.2, 0.25) is 0 Å². The van der Waals surface area contributed by atoms with Gasteiger partial charge in [-0.25, -0.2) is 0 Å². The van der Waals surface area contributed by atoms with Gasteiger partial charge in [-0.15, -0.1) is 12.3 Å². The molecule has 0 spiro atoms. The molecule has 2 nitrogen and oxygen atoms in total. The quantitative estimate of drug-likeness (QED) is 0.708. The summed E-state index contributed by atoms with van der Waals surface area (Å²) in [5.41, 5.74) is 1.13. The van der Waals surface area contributed by atoms with Gasteiger partial charge in [0.25, 0.3) is 0 Å². The highest BCUT2D eigenvalue weighted by Crippen LogP contribution is 2.05. The molecule has 86 valence electrons. The maximum Gasteiger partial charge on any atom is 0.0419 e. The molecule has 1 aromatic rings. The number of pyridine rings is 1. The lowest BCUT2D eigenvalue weighted by atomic mass is 10.1. The zero-order chi connectivity index (χ0) is 11.6. The largest absolute Gasteiger partial charge is 0.314 e. The number of hydrogen-bond acceptors (Lipinski definition) is 2. The van der Waals surface area contributed by atoms with Crippen molar-refractivity contribution >= 4 is 0 Å². The van der Waals surface area contributed by atoms with Crippen LogP contribution in [0.3, 0.4) is 0 Å². The van der Waals surface area contributed by atoms with Crippen molar-refractivity contribution in [2.75, 3.05) is 6.54 Å². The minimum absolute atomic E-state index is 0.450. The molecule has 0 bridgehead atoms. The Balaban J connectivity index is 2.46. The standard InChI is InChI=1S/C14H20N2/c1-3-5-8-13(15-10-4-2)12-14-9-6-7-11-16-14/h1,6-7,9,11,13,15H,4-5,8,10,12H2,2H3. The number of terminal acetylenes is 1. The van der Waals surface area contributed by atoms with Crippen molar-refractivity contribution in [1.82, 2.24) is 10.3 Å². The van der Waals surface area contributed by atoms with Gasteiger partial charge in [-0.05, 0) is 31.5 Å². The van der Waals surface area contributed by atoms with Crippen molar-refractivity contribution in [2.45, 2.75) is 38.6 Å². The average molecular weight is 216 g/mol. The summed E-state index contributed by atoms with van der Waals surface area (Å²) in [5, 5.41) is 3.52. The van der Waals surface area contributed by atoms with Crippen LogP contribution in [-0.4, -0.2) is 17.6 Å². The maximum atomic E-state index is 5.31. The SMILES string of the molecule is C#CCCC(Cc1ccccn1)NCCC. The molecule has 0 aliphatic carbocycles. The van der Waals surface area contributed by atoms with Gasteiger partial charge < -0.3 is 5.32 Å². The Morgan fingerprint density at radius 1 is 1.50 bits per heavy atom. The van der Waals surface area contributed by atoms with E-state index in [-0.39, 0.29) is 0 Å². The second kappa shape index (κ2) is 7.90. The fraction of sp³-hybridized carbons (Fsp3) is 0.500. The highest BCUT2D eigenvalue weighted by atomic mass is 14.9. The van der Waals surface area contributed by atoms with Crippen LogP contribution >= 0.6 is 0 Å². The summed E-state index contributed by atoms with van der Waals surface area (Å²) in [4.78, 5) is 4.34. The Morgan fingerprint density at radius 3 is 3.00 bits per heavy atom. The summed E-state index contributed by atoms with van der Waals surface area (Å²) in [6.07, 6.45) is 11.1. The second-order valence-electron chi connectivity index (χ2n) is 3.92. The van der Waals surface area contributed by atoms with Crippen LogP contribution in [-0.2, 0) is 6.42 Å². The van der Waals surface area contributed by atoms with E-state index in [1.54, 1.807) is 0 Å². The zero-order valence-electron chi connectivity index (χ0n) is 9.95. The minimum Gasteiger partial charge on any atom is -0.314 e. The van der Waals surface area contributed by atoms with E-state index in [0.717, 1.165) is 37.9 Å². The van der Waals surface area contributed by atoms with Crippen molar-refractivity contribution in [1.29, 1.82) is 0 Å².